The van der Waals surface area contributed by atoms with Gasteiger partial charge in [-0.2, -0.15) is 0 Å². The highest BCUT2D eigenvalue weighted by atomic mass is 35.5. The molecule has 156 valence electrons. The van der Waals surface area contributed by atoms with E-state index < -0.39 is 18.0 Å². The fraction of sp³-hybridized carbons (Fsp3) is 0.524. The molecule has 1 aromatic heterocycles. The van der Waals surface area contributed by atoms with E-state index in [1.165, 1.54) is 0 Å². The van der Waals surface area contributed by atoms with E-state index in [-0.39, 0.29) is 35.9 Å². The molecule has 8 heteroatoms. The summed E-state index contributed by atoms with van der Waals surface area (Å²) in [7, 11) is 0. The fourth-order valence-corrected chi connectivity index (χ4v) is 4.53. The van der Waals surface area contributed by atoms with Gasteiger partial charge in [0.1, 0.15) is 12.0 Å². The van der Waals surface area contributed by atoms with Crippen molar-refractivity contribution in [3.8, 4) is 0 Å². The third-order valence-electron chi connectivity index (χ3n) is 5.78. The van der Waals surface area contributed by atoms with E-state index in [0.29, 0.717) is 49.1 Å². The van der Waals surface area contributed by atoms with Crippen molar-refractivity contribution in [3.63, 3.8) is 0 Å². The van der Waals surface area contributed by atoms with Crippen LogP contribution in [-0.2, 0) is 0 Å². The van der Waals surface area contributed by atoms with Gasteiger partial charge in [0.25, 0.3) is 5.91 Å². The van der Waals surface area contributed by atoms with Gasteiger partial charge in [-0.15, -0.1) is 0 Å². The maximum Gasteiger partial charge on any atom is 0.253 e. The van der Waals surface area contributed by atoms with Crippen molar-refractivity contribution in [2.24, 2.45) is 5.92 Å². The summed E-state index contributed by atoms with van der Waals surface area (Å²) >= 11 is 6.28. The van der Waals surface area contributed by atoms with E-state index >= 15 is 0 Å². The summed E-state index contributed by atoms with van der Waals surface area (Å²) in [6, 6.07) is 6.85. The number of fused-ring (bicyclic) bond motifs is 1. The first kappa shape index (κ1) is 20.3. The molecule has 29 heavy (non-hydrogen) atoms. The Morgan fingerprint density at radius 2 is 2.10 bits per heavy atom. The Labute approximate surface area is 172 Å². The van der Waals surface area contributed by atoms with Crippen molar-refractivity contribution in [2.45, 2.75) is 44.2 Å². The lowest BCUT2D eigenvalue weighted by atomic mass is 9.86. The van der Waals surface area contributed by atoms with Crippen LogP contribution in [0.5, 0.6) is 0 Å². The second kappa shape index (κ2) is 8.01. The highest BCUT2D eigenvalue weighted by molar-refractivity contribution is 6.35. The maximum absolute atomic E-state index is 13.6. The molecule has 1 amide bonds. The molecule has 2 aliphatic rings. The van der Waals surface area contributed by atoms with Gasteiger partial charge in [-0.25, -0.2) is 18.2 Å². The van der Waals surface area contributed by atoms with Gasteiger partial charge >= 0.3 is 0 Å². The van der Waals surface area contributed by atoms with Crippen LogP contribution in [0, 0.1) is 5.92 Å². The van der Waals surface area contributed by atoms with Crippen molar-refractivity contribution in [1.29, 1.82) is 0 Å². The Balaban J connectivity index is 1.53. The number of hydrogen-bond acceptors (Lipinski definition) is 3. The normalized spacial score (nSPS) is 24.1. The molecular formula is C21H23ClF3N3O. The van der Waals surface area contributed by atoms with Crippen molar-refractivity contribution in [2.75, 3.05) is 24.5 Å². The van der Waals surface area contributed by atoms with Gasteiger partial charge in [0.15, 0.2) is 0 Å². The van der Waals surface area contributed by atoms with E-state index in [1.807, 2.05) is 4.90 Å². The molecule has 1 saturated carbocycles. The first-order valence-corrected chi connectivity index (χ1v) is 10.3. The Hall–Kier alpha value is -2.02. The van der Waals surface area contributed by atoms with E-state index in [0.717, 1.165) is 0 Å². The molecule has 0 bridgehead atoms. The highest BCUT2D eigenvalue weighted by Crippen LogP contribution is 2.36. The number of nitrogens with one attached hydrogen (secondary N) is 1. The lowest BCUT2D eigenvalue weighted by Gasteiger charge is -2.29. The Morgan fingerprint density at radius 1 is 1.28 bits per heavy atom. The third kappa shape index (κ3) is 4.44. The van der Waals surface area contributed by atoms with E-state index in [1.54, 1.807) is 24.3 Å². The van der Waals surface area contributed by atoms with Gasteiger partial charge in [0.2, 0.25) is 5.92 Å². The van der Waals surface area contributed by atoms with Crippen LogP contribution in [0.3, 0.4) is 0 Å². The molecule has 1 saturated heterocycles. The molecule has 1 aliphatic carbocycles. The summed E-state index contributed by atoms with van der Waals surface area (Å²) < 4.78 is 40.7. The third-order valence-corrected chi connectivity index (χ3v) is 6.10. The number of benzene rings is 1. The number of rotatable bonds is 4. The second-order valence-corrected chi connectivity index (χ2v) is 8.43. The molecule has 2 atom stereocenters. The zero-order valence-corrected chi connectivity index (χ0v) is 16.7. The van der Waals surface area contributed by atoms with Crippen LogP contribution >= 0.6 is 11.6 Å². The molecule has 0 spiro atoms. The molecule has 2 fully saturated rings. The van der Waals surface area contributed by atoms with Gasteiger partial charge < -0.3 is 10.2 Å². The van der Waals surface area contributed by atoms with E-state index in [9.17, 15) is 18.0 Å². The summed E-state index contributed by atoms with van der Waals surface area (Å²) in [5.41, 5.74) is 0.874. The van der Waals surface area contributed by atoms with Gasteiger partial charge in [-0.1, -0.05) is 11.6 Å². The number of carbonyl (C=O) groups excluding carboxylic acids is 1. The standard InChI is InChI=1S/C21H23ClF3N3O/c22-16-4-5-17-15(3-6-18(27-17)28-9-7-14(23)12-28)19(16)20(29)26-11-13-2-1-8-21(24,25)10-13/h3-6,13-14H,1-2,7-12H2,(H,26,29)/t13?,14-/m1/s1. The zero-order valence-electron chi connectivity index (χ0n) is 15.9. The van der Waals surface area contributed by atoms with Crippen LogP contribution in [0.1, 0.15) is 42.5 Å². The smallest absolute Gasteiger partial charge is 0.253 e. The maximum atomic E-state index is 13.6. The average molecular weight is 426 g/mol. The summed E-state index contributed by atoms with van der Waals surface area (Å²) in [6.07, 6.45) is 0.481. The predicted octanol–water partition coefficient (Wildman–Crippen LogP) is 4.99. The number of aromatic nitrogens is 1. The van der Waals surface area contributed by atoms with Crippen LogP contribution < -0.4 is 10.2 Å². The molecule has 2 heterocycles. The van der Waals surface area contributed by atoms with E-state index in [4.69, 9.17) is 11.6 Å². The Kier molecular flexibility index (Phi) is 5.60. The minimum absolute atomic E-state index is 0.0826. The van der Waals surface area contributed by atoms with Gasteiger partial charge in [-0.05, 0) is 49.4 Å². The number of halogens is 4. The van der Waals surface area contributed by atoms with Crippen molar-refractivity contribution in [3.05, 3.63) is 34.9 Å². The first-order chi connectivity index (χ1) is 13.8. The topological polar surface area (TPSA) is 45.2 Å². The first-order valence-electron chi connectivity index (χ1n) is 9.97. The molecule has 1 unspecified atom stereocenters. The summed E-state index contributed by atoms with van der Waals surface area (Å²) in [5, 5.41) is 3.64. The van der Waals surface area contributed by atoms with Crippen molar-refractivity contribution in [1.82, 2.24) is 10.3 Å². The molecule has 4 nitrogen and oxygen atoms in total. The molecule has 1 N–H and O–H groups in total. The van der Waals surface area contributed by atoms with Crippen LogP contribution in [-0.4, -0.2) is 42.6 Å². The number of nitrogens with zero attached hydrogens (tertiary/aromatic N) is 2. The SMILES string of the molecule is O=C(NCC1CCCC(F)(F)C1)c1c(Cl)ccc2nc(N3CC[C@@H](F)C3)ccc12. The van der Waals surface area contributed by atoms with Gasteiger partial charge in [0, 0.05) is 31.3 Å². The largest absolute Gasteiger partial charge is 0.354 e. The molecular weight excluding hydrogens is 403 g/mol. The second-order valence-electron chi connectivity index (χ2n) is 8.02. The fourth-order valence-electron chi connectivity index (χ4n) is 4.27. The summed E-state index contributed by atoms with van der Waals surface area (Å²) in [4.78, 5) is 19.2. The molecule has 0 radical (unpaired) electrons. The molecule has 1 aliphatic heterocycles. The van der Waals surface area contributed by atoms with Crippen LogP contribution in [0.25, 0.3) is 10.9 Å². The lowest BCUT2D eigenvalue weighted by molar-refractivity contribution is -0.0518. The quantitative estimate of drug-likeness (QED) is 0.750. The van der Waals surface area contributed by atoms with E-state index in [2.05, 4.69) is 10.3 Å². The van der Waals surface area contributed by atoms with Crippen molar-refractivity contribution >= 4 is 34.2 Å². The molecule has 4 rings (SSSR count). The van der Waals surface area contributed by atoms with Crippen LogP contribution in [0.15, 0.2) is 24.3 Å². The number of hydrogen-bond donors (Lipinski definition) is 1. The van der Waals surface area contributed by atoms with Gasteiger partial charge in [0.05, 0.1) is 22.6 Å². The number of alkyl halides is 3. The summed E-state index contributed by atoms with van der Waals surface area (Å²) in [5.74, 6) is -2.63. The van der Waals surface area contributed by atoms with Crippen molar-refractivity contribution < 1.29 is 18.0 Å². The van der Waals surface area contributed by atoms with Crippen LogP contribution in [0.2, 0.25) is 5.02 Å². The summed E-state index contributed by atoms with van der Waals surface area (Å²) in [6.45, 7) is 1.11. The lowest BCUT2D eigenvalue weighted by Crippen LogP contribution is -2.35. The Morgan fingerprint density at radius 3 is 2.83 bits per heavy atom. The number of anilines is 1. The van der Waals surface area contributed by atoms with Crippen LogP contribution in [0.4, 0.5) is 19.0 Å². The number of carbonyl (C=O) groups is 1. The number of pyridine rings is 1. The average Bonchev–Trinajstić information content (AvgIpc) is 3.11. The Bertz CT molecular complexity index is 923. The molecule has 1 aromatic carbocycles. The molecule has 2 aromatic rings. The van der Waals surface area contributed by atoms with Gasteiger partial charge in [-0.3, -0.25) is 4.79 Å². The number of amides is 1. The monoisotopic (exact) mass is 425 g/mol. The predicted molar refractivity (Wildman–Crippen MR) is 108 cm³/mol. The minimum Gasteiger partial charge on any atom is -0.354 e. The highest BCUT2D eigenvalue weighted by Gasteiger charge is 2.36. The zero-order chi connectivity index (χ0) is 20.6. The minimum atomic E-state index is -2.65.